The first-order chi connectivity index (χ1) is 9.00. The number of thiophene rings is 1. The monoisotopic (exact) mass is 280 g/mol. The summed E-state index contributed by atoms with van der Waals surface area (Å²) in [6, 6.07) is 3.96. The summed E-state index contributed by atoms with van der Waals surface area (Å²) in [5.74, 6) is 1.30. The van der Waals surface area contributed by atoms with Crippen molar-refractivity contribution < 1.29 is 4.52 Å². The van der Waals surface area contributed by atoms with E-state index in [-0.39, 0.29) is 5.41 Å². The van der Waals surface area contributed by atoms with Crippen LogP contribution in [-0.2, 0) is 6.54 Å². The minimum absolute atomic E-state index is 0.0886. The summed E-state index contributed by atoms with van der Waals surface area (Å²) >= 11 is 1.61. The van der Waals surface area contributed by atoms with Crippen LogP contribution in [0.1, 0.15) is 19.7 Å². The molecule has 5 nitrogen and oxygen atoms in total. The molecular weight excluding hydrogens is 260 g/mol. The van der Waals surface area contributed by atoms with E-state index in [0.717, 1.165) is 11.4 Å². The lowest BCUT2D eigenvalue weighted by Crippen LogP contribution is -2.36. The largest absolute Gasteiger partial charge is 0.338 e. The van der Waals surface area contributed by atoms with Crippen molar-refractivity contribution in [2.75, 3.05) is 20.1 Å². The van der Waals surface area contributed by atoms with Crippen LogP contribution < -0.4 is 5.73 Å². The molecule has 0 amide bonds. The lowest BCUT2D eigenvalue weighted by atomic mass is 9.93. The Balaban J connectivity index is 1.97. The van der Waals surface area contributed by atoms with Crippen LogP contribution >= 0.6 is 11.3 Å². The number of aromatic nitrogens is 2. The van der Waals surface area contributed by atoms with Crippen LogP contribution in [0.25, 0.3) is 10.7 Å². The highest BCUT2D eigenvalue weighted by atomic mass is 32.1. The second kappa shape index (κ2) is 5.81. The number of rotatable bonds is 6. The fourth-order valence-corrected chi connectivity index (χ4v) is 2.56. The van der Waals surface area contributed by atoms with Gasteiger partial charge in [0.25, 0.3) is 0 Å². The fourth-order valence-electron chi connectivity index (χ4n) is 1.91. The maximum atomic E-state index is 5.74. The number of nitrogens with zero attached hydrogens (tertiary/aromatic N) is 3. The zero-order valence-electron chi connectivity index (χ0n) is 11.6. The zero-order chi connectivity index (χ0) is 13.9. The standard InChI is InChI=1S/C13H20N4OS/c1-13(2,8-14)9-17(3)7-11-15-12(16-18-11)10-5-4-6-19-10/h4-6H,7-9,14H2,1-3H3. The lowest BCUT2D eigenvalue weighted by Gasteiger charge is -2.27. The van der Waals surface area contributed by atoms with E-state index in [4.69, 9.17) is 10.3 Å². The quantitative estimate of drug-likeness (QED) is 0.878. The van der Waals surface area contributed by atoms with Gasteiger partial charge >= 0.3 is 0 Å². The maximum absolute atomic E-state index is 5.74. The molecule has 0 spiro atoms. The molecule has 2 N–H and O–H groups in total. The van der Waals surface area contributed by atoms with Gasteiger partial charge in [0, 0.05) is 6.54 Å². The first-order valence-electron chi connectivity index (χ1n) is 6.25. The Morgan fingerprint density at radius 1 is 1.47 bits per heavy atom. The summed E-state index contributed by atoms with van der Waals surface area (Å²) in [5, 5.41) is 6.00. The van der Waals surface area contributed by atoms with E-state index in [0.29, 0.717) is 24.8 Å². The molecule has 0 bridgehead atoms. The van der Waals surface area contributed by atoms with Gasteiger partial charge in [0.05, 0.1) is 11.4 Å². The van der Waals surface area contributed by atoms with E-state index < -0.39 is 0 Å². The molecule has 0 aliphatic carbocycles. The highest BCUT2D eigenvalue weighted by Crippen LogP contribution is 2.22. The van der Waals surface area contributed by atoms with Crippen molar-refractivity contribution in [2.24, 2.45) is 11.1 Å². The van der Waals surface area contributed by atoms with Gasteiger partial charge in [0.1, 0.15) is 0 Å². The Morgan fingerprint density at radius 3 is 2.89 bits per heavy atom. The average molecular weight is 280 g/mol. The van der Waals surface area contributed by atoms with Crippen molar-refractivity contribution in [3.8, 4) is 10.7 Å². The average Bonchev–Trinajstić information content (AvgIpc) is 2.97. The minimum Gasteiger partial charge on any atom is -0.338 e. The Bertz CT molecular complexity index is 506. The summed E-state index contributed by atoms with van der Waals surface area (Å²) in [4.78, 5) is 7.59. The number of hydrogen-bond acceptors (Lipinski definition) is 6. The third kappa shape index (κ3) is 3.86. The Hall–Kier alpha value is -1.24. The summed E-state index contributed by atoms with van der Waals surface area (Å²) in [6.07, 6.45) is 0. The molecule has 2 rings (SSSR count). The van der Waals surface area contributed by atoms with Gasteiger partial charge in [0.2, 0.25) is 11.7 Å². The molecule has 0 aliphatic rings. The predicted octanol–water partition coefficient (Wildman–Crippen LogP) is 2.21. The van der Waals surface area contributed by atoms with Crippen molar-refractivity contribution in [1.82, 2.24) is 15.0 Å². The molecule has 0 saturated heterocycles. The predicted molar refractivity (Wildman–Crippen MR) is 76.8 cm³/mol. The van der Waals surface area contributed by atoms with Gasteiger partial charge < -0.3 is 10.3 Å². The van der Waals surface area contributed by atoms with Crippen molar-refractivity contribution in [1.29, 1.82) is 0 Å². The fraction of sp³-hybridized carbons (Fsp3) is 0.538. The molecule has 0 saturated carbocycles. The molecule has 2 aromatic heterocycles. The molecule has 2 heterocycles. The third-order valence-electron chi connectivity index (χ3n) is 2.87. The Labute approximate surface area is 117 Å². The molecule has 6 heteroatoms. The third-order valence-corrected chi connectivity index (χ3v) is 3.73. The molecule has 19 heavy (non-hydrogen) atoms. The van der Waals surface area contributed by atoms with Gasteiger partial charge in [-0.15, -0.1) is 11.3 Å². The van der Waals surface area contributed by atoms with E-state index >= 15 is 0 Å². The Morgan fingerprint density at radius 2 is 2.26 bits per heavy atom. The lowest BCUT2D eigenvalue weighted by molar-refractivity contribution is 0.189. The van der Waals surface area contributed by atoms with E-state index in [2.05, 4.69) is 28.9 Å². The second-order valence-electron chi connectivity index (χ2n) is 5.53. The van der Waals surface area contributed by atoms with E-state index in [1.807, 2.05) is 24.6 Å². The van der Waals surface area contributed by atoms with E-state index in [1.165, 1.54) is 0 Å². The molecule has 0 radical (unpaired) electrons. The molecule has 0 fully saturated rings. The first kappa shape index (κ1) is 14.2. The smallest absolute Gasteiger partial charge is 0.241 e. The van der Waals surface area contributed by atoms with Crippen molar-refractivity contribution in [2.45, 2.75) is 20.4 Å². The van der Waals surface area contributed by atoms with Gasteiger partial charge in [-0.05, 0) is 30.5 Å². The number of nitrogens with two attached hydrogens (primary N) is 1. The normalized spacial score (nSPS) is 12.3. The zero-order valence-corrected chi connectivity index (χ0v) is 12.4. The van der Waals surface area contributed by atoms with Crippen LogP contribution in [-0.4, -0.2) is 35.2 Å². The van der Waals surface area contributed by atoms with Crippen LogP contribution in [0.4, 0.5) is 0 Å². The van der Waals surface area contributed by atoms with Crippen LogP contribution in [0.15, 0.2) is 22.0 Å². The van der Waals surface area contributed by atoms with Crippen LogP contribution in [0.5, 0.6) is 0 Å². The number of hydrogen-bond donors (Lipinski definition) is 1. The maximum Gasteiger partial charge on any atom is 0.241 e. The van der Waals surface area contributed by atoms with Gasteiger partial charge in [-0.1, -0.05) is 25.1 Å². The molecule has 0 aliphatic heterocycles. The summed E-state index contributed by atoms with van der Waals surface area (Å²) in [7, 11) is 2.03. The van der Waals surface area contributed by atoms with Gasteiger partial charge in [-0.2, -0.15) is 4.98 Å². The highest BCUT2D eigenvalue weighted by Gasteiger charge is 2.19. The van der Waals surface area contributed by atoms with Crippen molar-refractivity contribution in [3.05, 3.63) is 23.4 Å². The summed E-state index contributed by atoms with van der Waals surface area (Å²) < 4.78 is 5.28. The Kier molecular flexibility index (Phi) is 4.34. The van der Waals surface area contributed by atoms with Gasteiger partial charge in [-0.25, -0.2) is 0 Å². The first-order valence-corrected chi connectivity index (χ1v) is 7.13. The highest BCUT2D eigenvalue weighted by molar-refractivity contribution is 7.13. The summed E-state index contributed by atoms with van der Waals surface area (Å²) in [6.45, 7) is 6.48. The van der Waals surface area contributed by atoms with E-state index in [9.17, 15) is 0 Å². The van der Waals surface area contributed by atoms with Gasteiger partial charge in [0.15, 0.2) is 0 Å². The molecule has 0 aromatic carbocycles. The summed E-state index contributed by atoms with van der Waals surface area (Å²) in [5.41, 5.74) is 5.83. The van der Waals surface area contributed by atoms with Crippen LogP contribution in [0, 0.1) is 5.41 Å². The topological polar surface area (TPSA) is 68.2 Å². The minimum atomic E-state index is 0.0886. The van der Waals surface area contributed by atoms with Crippen LogP contribution in [0.2, 0.25) is 0 Å². The van der Waals surface area contributed by atoms with Crippen molar-refractivity contribution in [3.63, 3.8) is 0 Å². The van der Waals surface area contributed by atoms with Gasteiger partial charge in [-0.3, -0.25) is 4.90 Å². The second-order valence-corrected chi connectivity index (χ2v) is 6.48. The molecule has 104 valence electrons. The molecule has 2 aromatic rings. The molecule has 0 atom stereocenters. The van der Waals surface area contributed by atoms with Crippen molar-refractivity contribution >= 4 is 11.3 Å². The molecule has 0 unspecified atom stereocenters. The SMILES string of the molecule is CN(Cc1nc(-c2cccs2)no1)CC(C)(C)CN. The van der Waals surface area contributed by atoms with Crippen LogP contribution in [0.3, 0.4) is 0 Å². The van der Waals surface area contributed by atoms with E-state index in [1.54, 1.807) is 11.3 Å². The molecular formula is C13H20N4OS.